The number of thiazole rings is 3. The van der Waals surface area contributed by atoms with Crippen molar-refractivity contribution in [3.63, 3.8) is 0 Å². The van der Waals surface area contributed by atoms with Crippen molar-refractivity contribution >= 4 is 97.3 Å². The first-order chi connectivity index (χ1) is 46.8. The lowest BCUT2D eigenvalue weighted by Gasteiger charge is -2.32. The number of ether oxygens (including phenoxy) is 2. The number of aryl methyl sites for hydroxylation is 3. The van der Waals surface area contributed by atoms with E-state index in [0.29, 0.717) is 30.9 Å². The quantitative estimate of drug-likeness (QED) is 0.100. The van der Waals surface area contributed by atoms with E-state index in [1.54, 1.807) is 59.1 Å². The normalized spacial score (nSPS) is 16.1. The van der Waals surface area contributed by atoms with Crippen molar-refractivity contribution in [3.8, 4) is 53.2 Å². The Balaban J connectivity index is 0.000000145. The monoisotopic (exact) mass is 1510 g/mol. The first-order valence-electron chi connectivity index (χ1n) is 31.8. The summed E-state index contributed by atoms with van der Waals surface area (Å²) in [6.45, 7) is 15.7. The molecule has 27 heteroatoms. The van der Waals surface area contributed by atoms with Crippen LogP contribution in [0.15, 0.2) is 151 Å². The van der Waals surface area contributed by atoms with Gasteiger partial charge >= 0.3 is 7.12 Å². The summed E-state index contributed by atoms with van der Waals surface area (Å²) in [5.41, 5.74) is 11.8. The molecule has 12 aromatic rings. The molecule has 3 saturated heterocycles. The molecule has 0 radical (unpaired) electrons. The van der Waals surface area contributed by atoms with Crippen molar-refractivity contribution in [2.24, 2.45) is 0 Å². The zero-order chi connectivity index (χ0) is 67.6. The van der Waals surface area contributed by atoms with E-state index in [-0.39, 0.29) is 45.6 Å². The molecule has 3 aromatic carbocycles. The predicted molar refractivity (Wildman–Crippen MR) is 402 cm³/mol. The fourth-order valence-electron chi connectivity index (χ4n) is 10.8. The molecule has 19 nitrogen and oxygen atoms in total. The van der Waals surface area contributed by atoms with Gasteiger partial charge in [0, 0.05) is 94.3 Å². The molecular weight excluding hydrogens is 1430 g/mol. The van der Waals surface area contributed by atoms with Crippen LogP contribution in [-0.2, 0) is 38.0 Å². The number of aromatic nitrogens is 15. The zero-order valence-corrected chi connectivity index (χ0v) is 60.8. The van der Waals surface area contributed by atoms with Gasteiger partial charge in [0.1, 0.15) is 29.0 Å². The van der Waals surface area contributed by atoms with Crippen LogP contribution in [0, 0.1) is 20.8 Å². The molecule has 15 rings (SSSR count). The number of pyridine rings is 3. The van der Waals surface area contributed by atoms with Crippen LogP contribution in [0.1, 0.15) is 144 Å². The first kappa shape index (κ1) is 74.4. The van der Waals surface area contributed by atoms with Crippen molar-refractivity contribution in [3.05, 3.63) is 217 Å². The number of hydrogen-bond donors (Lipinski definition) is 1. The minimum Gasteiger partial charge on any atom is -0.399 e. The Morgan fingerprint density at radius 3 is 1.37 bits per heavy atom. The van der Waals surface area contributed by atoms with Crippen LogP contribution in [0.4, 0.5) is 0 Å². The maximum atomic E-state index is 6.06. The lowest BCUT2D eigenvalue weighted by Crippen LogP contribution is -2.41. The second-order valence-electron chi connectivity index (χ2n) is 24.5. The molecular formula is C72H78BBrCl3N15O4S3. The van der Waals surface area contributed by atoms with Crippen LogP contribution in [0.2, 0.25) is 15.1 Å². The van der Waals surface area contributed by atoms with Gasteiger partial charge in [-0.05, 0) is 198 Å². The molecule has 2 unspecified atom stereocenters. The molecule has 0 aliphatic carbocycles. The van der Waals surface area contributed by atoms with Crippen LogP contribution in [-0.4, -0.2) is 106 Å². The topological polar surface area (TPSA) is 217 Å². The molecule has 3 aliphatic rings. The predicted octanol–water partition coefficient (Wildman–Crippen LogP) is 18.3. The number of H-pyrrole nitrogens is 1. The molecule has 2 atom stereocenters. The standard InChI is InChI=1S/C23H22ClN5OS.C18H14ClN5S.C17H16BrClN4OS.C12H18BNO2.2CH4/c1-15-12-17(9-10-25-15)23-27-19(13-16-5-7-18(24)8-6-16)21(31-23)22-26-14-29(28-22)20-4-2-3-11-30-20;1-11-8-13(6-7-20-11)18-23-15(9-12-2-4-14(19)5-3-12)16(25-18)17-21-10-22-24-17;18-17-21-13(9-11-4-6-12(19)7-5-11)15(25-17)16-20-10-23(22-16)14-3-1-2-8-24-14;1-9-8-10(6-7-14-9)13-15-11(2,3)12(4,5)16-13;;/h5-10,12,14,20H,2-4,11,13H2,1H3;2-8,10H,9H2,1H3,(H,21,22,24);4-7,10,14H,1-3,8-9H2;6-8H,1-5H3;2*1H4. The number of halogens is 4. The Hall–Kier alpha value is -7.33. The summed E-state index contributed by atoms with van der Waals surface area (Å²) in [6, 6.07) is 35.5. The van der Waals surface area contributed by atoms with Crippen molar-refractivity contribution in [2.45, 2.75) is 145 Å². The Morgan fingerprint density at radius 1 is 0.525 bits per heavy atom. The van der Waals surface area contributed by atoms with E-state index >= 15 is 0 Å². The minimum absolute atomic E-state index is 0. The van der Waals surface area contributed by atoms with Gasteiger partial charge < -0.3 is 18.8 Å². The third-order valence-corrected chi connectivity index (χ3v) is 21.2. The Kier molecular flexibility index (Phi) is 25.5. The summed E-state index contributed by atoms with van der Waals surface area (Å²) in [5, 5.41) is 20.4. The second-order valence-corrected chi connectivity index (χ2v) is 30.1. The van der Waals surface area contributed by atoms with Gasteiger partial charge in [-0.1, -0.05) is 86.1 Å². The van der Waals surface area contributed by atoms with Gasteiger partial charge in [-0.3, -0.25) is 20.1 Å². The highest BCUT2D eigenvalue weighted by atomic mass is 79.9. The zero-order valence-electron chi connectivity index (χ0n) is 54.5. The van der Waals surface area contributed by atoms with E-state index in [4.69, 9.17) is 68.7 Å². The summed E-state index contributed by atoms with van der Waals surface area (Å²) in [7, 11) is -0.285. The smallest absolute Gasteiger partial charge is 0.399 e. The molecule has 0 spiro atoms. The van der Waals surface area contributed by atoms with Gasteiger partial charge in [-0.2, -0.15) is 5.10 Å². The molecule has 3 aliphatic heterocycles. The van der Waals surface area contributed by atoms with Gasteiger partial charge in [-0.15, -0.1) is 44.2 Å². The van der Waals surface area contributed by atoms with E-state index < -0.39 is 0 Å². The number of nitrogens with one attached hydrogen (secondary N) is 1. The van der Waals surface area contributed by atoms with Crippen LogP contribution >= 0.6 is 84.7 Å². The van der Waals surface area contributed by atoms with Gasteiger partial charge in [0.25, 0.3) is 0 Å². The van der Waals surface area contributed by atoms with Crippen molar-refractivity contribution in [1.29, 1.82) is 0 Å². The number of nitrogens with zero attached hydrogens (tertiary/aromatic N) is 14. The molecule has 0 amide bonds. The average molecular weight is 1510 g/mol. The van der Waals surface area contributed by atoms with Gasteiger partial charge in [0.2, 0.25) is 0 Å². The molecule has 0 saturated carbocycles. The molecule has 3 fully saturated rings. The summed E-state index contributed by atoms with van der Waals surface area (Å²) >= 11 is 26.3. The third kappa shape index (κ3) is 19.2. The number of rotatable bonds is 14. The van der Waals surface area contributed by atoms with E-state index in [2.05, 4.69) is 99.9 Å². The van der Waals surface area contributed by atoms with Crippen LogP contribution in [0.25, 0.3) is 53.2 Å². The molecule has 514 valence electrons. The van der Waals surface area contributed by atoms with E-state index in [0.717, 1.165) is 169 Å². The number of aromatic amines is 1. The SMILES string of the molecule is C.C.Cc1cc(-c2nc(Cc3ccc(Cl)cc3)c(-c3ncn(C4CCCCO4)n3)s2)ccn1.Cc1cc(-c2nc(Cc3ccc(Cl)cc3)c(-c3ncn[nH]3)s2)ccn1.Cc1cc(B2OC(C)(C)C(C)(C)O2)ccn1.Clc1ccc(Cc2nc(Br)sc2-c2ncn(C3CCCCO3)n2)cc1. The summed E-state index contributed by atoms with van der Waals surface area (Å²) in [6.07, 6.45) is 19.0. The first-order valence-corrected chi connectivity index (χ1v) is 36.2. The highest BCUT2D eigenvalue weighted by Gasteiger charge is 2.51. The Morgan fingerprint density at radius 2 is 0.949 bits per heavy atom. The number of hydrogen-bond acceptors (Lipinski definition) is 19. The number of benzene rings is 3. The van der Waals surface area contributed by atoms with Gasteiger partial charge in [0.15, 0.2) is 33.8 Å². The highest BCUT2D eigenvalue weighted by Crippen LogP contribution is 2.40. The molecule has 0 bridgehead atoms. The summed E-state index contributed by atoms with van der Waals surface area (Å²) < 4.78 is 28.1. The van der Waals surface area contributed by atoms with E-state index in [9.17, 15) is 0 Å². The van der Waals surface area contributed by atoms with E-state index in [1.165, 1.54) is 6.33 Å². The lowest BCUT2D eigenvalue weighted by molar-refractivity contribution is -0.0396. The third-order valence-electron chi connectivity index (χ3n) is 16.6. The maximum absolute atomic E-state index is 6.06. The van der Waals surface area contributed by atoms with Crippen molar-refractivity contribution in [1.82, 2.24) is 74.6 Å². The van der Waals surface area contributed by atoms with E-state index in [1.807, 2.05) is 139 Å². The Labute approximate surface area is 613 Å². The molecule has 9 aromatic heterocycles. The van der Waals surface area contributed by atoms with Gasteiger partial charge in [-0.25, -0.2) is 39.3 Å². The lowest BCUT2D eigenvalue weighted by atomic mass is 9.79. The largest absolute Gasteiger partial charge is 0.494 e. The second kappa shape index (κ2) is 33.9. The fourth-order valence-corrected chi connectivity index (χ4v) is 14.7. The minimum atomic E-state index is -0.285. The maximum Gasteiger partial charge on any atom is 0.494 e. The fraction of sp³-hybridized carbons (Fsp3) is 0.333. The van der Waals surface area contributed by atoms with Crippen molar-refractivity contribution in [2.75, 3.05) is 13.2 Å². The summed E-state index contributed by atoms with van der Waals surface area (Å²) in [4.78, 5) is 43.5. The Bertz CT molecular complexity index is 4540. The van der Waals surface area contributed by atoms with Gasteiger partial charge in [0.05, 0.1) is 42.9 Å². The average Bonchev–Trinajstić information content (AvgIpc) is 1.64. The molecule has 99 heavy (non-hydrogen) atoms. The van der Waals surface area contributed by atoms with Crippen LogP contribution < -0.4 is 5.46 Å². The molecule has 1 N–H and O–H groups in total. The van der Waals surface area contributed by atoms with Crippen LogP contribution in [0.5, 0.6) is 0 Å². The van der Waals surface area contributed by atoms with Crippen LogP contribution in [0.3, 0.4) is 0 Å². The summed E-state index contributed by atoms with van der Waals surface area (Å²) in [5.74, 6) is 2.12. The highest BCUT2D eigenvalue weighted by molar-refractivity contribution is 9.11. The van der Waals surface area contributed by atoms with Crippen molar-refractivity contribution < 1.29 is 18.8 Å². The molecule has 12 heterocycles.